The second-order valence-corrected chi connectivity index (χ2v) is 6.91. The van der Waals surface area contributed by atoms with Crippen LogP contribution in [0, 0.1) is 6.92 Å². The fourth-order valence-electron chi connectivity index (χ4n) is 3.27. The molecular formula is C22H26N2O4. The lowest BCUT2D eigenvalue weighted by atomic mass is 10.0. The van der Waals surface area contributed by atoms with Crippen LogP contribution in [0.4, 0.5) is 0 Å². The monoisotopic (exact) mass is 382 g/mol. The van der Waals surface area contributed by atoms with Gasteiger partial charge in [0.05, 0.1) is 7.11 Å². The second kappa shape index (κ2) is 9.26. The van der Waals surface area contributed by atoms with Crippen LogP contribution >= 0.6 is 0 Å². The molecule has 0 atom stereocenters. The van der Waals surface area contributed by atoms with Gasteiger partial charge >= 0.3 is 0 Å². The topological polar surface area (TPSA) is 67.9 Å². The molecule has 1 aliphatic rings. The van der Waals surface area contributed by atoms with Crippen molar-refractivity contribution in [3.8, 4) is 11.5 Å². The summed E-state index contributed by atoms with van der Waals surface area (Å²) in [7, 11) is 1.60. The van der Waals surface area contributed by atoms with Crippen molar-refractivity contribution >= 4 is 11.8 Å². The Morgan fingerprint density at radius 1 is 1.04 bits per heavy atom. The third kappa shape index (κ3) is 5.03. The number of nitrogens with one attached hydrogen (secondary N) is 1. The van der Waals surface area contributed by atoms with E-state index in [1.807, 2.05) is 31.2 Å². The Hall–Kier alpha value is -3.02. The number of nitrogens with zero attached hydrogens (tertiary/aromatic N) is 1. The average Bonchev–Trinajstić information content (AvgIpc) is 2.73. The van der Waals surface area contributed by atoms with Crippen LogP contribution in [0.2, 0.25) is 0 Å². The summed E-state index contributed by atoms with van der Waals surface area (Å²) in [5.74, 6) is 1.29. The first kappa shape index (κ1) is 19.7. The fourth-order valence-corrected chi connectivity index (χ4v) is 3.27. The van der Waals surface area contributed by atoms with Crippen molar-refractivity contribution in [3.63, 3.8) is 0 Å². The van der Waals surface area contributed by atoms with Gasteiger partial charge in [0.2, 0.25) is 0 Å². The van der Waals surface area contributed by atoms with Gasteiger partial charge in [-0.25, -0.2) is 0 Å². The fraction of sp³-hybridized carbons (Fsp3) is 0.364. The minimum atomic E-state index is -0.0503. The van der Waals surface area contributed by atoms with Gasteiger partial charge in [-0.3, -0.25) is 9.59 Å². The number of aryl methyl sites for hydroxylation is 1. The number of piperidine rings is 1. The summed E-state index contributed by atoms with van der Waals surface area (Å²) >= 11 is 0. The molecule has 1 N–H and O–H groups in total. The minimum absolute atomic E-state index is 0.00651. The highest BCUT2D eigenvalue weighted by atomic mass is 16.5. The summed E-state index contributed by atoms with van der Waals surface area (Å²) in [5, 5.41) is 3.08. The molecule has 6 heteroatoms. The number of hydrogen-bond donors (Lipinski definition) is 1. The molecule has 0 spiro atoms. The molecule has 2 aromatic carbocycles. The van der Waals surface area contributed by atoms with E-state index < -0.39 is 0 Å². The van der Waals surface area contributed by atoms with Crippen LogP contribution in [-0.2, 0) is 4.79 Å². The molecule has 148 valence electrons. The lowest BCUT2D eigenvalue weighted by molar-refractivity contribution is -0.134. The number of likely N-dealkylation sites (tertiary alicyclic amines) is 1. The molecule has 1 heterocycles. The smallest absolute Gasteiger partial charge is 0.260 e. The molecule has 0 unspecified atom stereocenters. The molecule has 0 bridgehead atoms. The summed E-state index contributed by atoms with van der Waals surface area (Å²) in [4.78, 5) is 26.6. The normalized spacial score (nSPS) is 14.4. The number of carbonyl (C=O) groups excluding carboxylic acids is 2. The number of amides is 2. The predicted molar refractivity (Wildman–Crippen MR) is 107 cm³/mol. The van der Waals surface area contributed by atoms with E-state index in [2.05, 4.69) is 5.32 Å². The van der Waals surface area contributed by atoms with Gasteiger partial charge in [0.25, 0.3) is 11.8 Å². The Kier molecular flexibility index (Phi) is 6.53. The quantitative estimate of drug-likeness (QED) is 0.834. The van der Waals surface area contributed by atoms with Crippen LogP contribution in [0.1, 0.15) is 28.8 Å². The summed E-state index contributed by atoms with van der Waals surface area (Å²) < 4.78 is 10.7. The summed E-state index contributed by atoms with van der Waals surface area (Å²) in [6.07, 6.45) is 1.48. The molecule has 1 saturated heterocycles. The van der Waals surface area contributed by atoms with E-state index in [4.69, 9.17) is 9.47 Å². The third-order valence-corrected chi connectivity index (χ3v) is 4.99. The molecular weight excluding hydrogens is 356 g/mol. The number of carbonyl (C=O) groups is 2. The number of hydrogen-bond acceptors (Lipinski definition) is 4. The molecule has 1 fully saturated rings. The van der Waals surface area contributed by atoms with Gasteiger partial charge in [0, 0.05) is 24.7 Å². The van der Waals surface area contributed by atoms with E-state index in [0.29, 0.717) is 24.4 Å². The average molecular weight is 382 g/mol. The molecule has 0 saturated carbocycles. The number of benzene rings is 2. The highest BCUT2D eigenvalue weighted by Gasteiger charge is 2.24. The minimum Gasteiger partial charge on any atom is -0.497 e. The Balaban J connectivity index is 1.43. The van der Waals surface area contributed by atoms with Gasteiger partial charge in [0.1, 0.15) is 11.5 Å². The van der Waals surface area contributed by atoms with Crippen LogP contribution in [0.5, 0.6) is 11.5 Å². The van der Waals surface area contributed by atoms with E-state index in [0.717, 1.165) is 24.2 Å². The van der Waals surface area contributed by atoms with Crippen molar-refractivity contribution in [1.82, 2.24) is 10.2 Å². The van der Waals surface area contributed by atoms with Crippen LogP contribution in [0.15, 0.2) is 48.5 Å². The first-order chi connectivity index (χ1) is 13.6. The van der Waals surface area contributed by atoms with Crippen molar-refractivity contribution in [2.45, 2.75) is 25.8 Å². The Labute approximate surface area is 165 Å². The molecule has 28 heavy (non-hydrogen) atoms. The highest BCUT2D eigenvalue weighted by molar-refractivity contribution is 5.95. The number of methoxy groups -OCH3 is 1. The molecule has 0 aromatic heterocycles. The third-order valence-electron chi connectivity index (χ3n) is 4.99. The van der Waals surface area contributed by atoms with Gasteiger partial charge in [0.15, 0.2) is 6.61 Å². The molecule has 2 amide bonds. The highest BCUT2D eigenvalue weighted by Crippen LogP contribution is 2.18. The van der Waals surface area contributed by atoms with Crippen molar-refractivity contribution in [3.05, 3.63) is 59.7 Å². The van der Waals surface area contributed by atoms with Crippen LogP contribution < -0.4 is 14.8 Å². The predicted octanol–water partition coefficient (Wildman–Crippen LogP) is 2.80. The molecule has 6 nitrogen and oxygen atoms in total. The Morgan fingerprint density at radius 3 is 2.32 bits per heavy atom. The van der Waals surface area contributed by atoms with E-state index >= 15 is 0 Å². The van der Waals surface area contributed by atoms with E-state index in [1.165, 1.54) is 0 Å². The molecule has 1 aliphatic heterocycles. The van der Waals surface area contributed by atoms with Crippen LogP contribution in [0.3, 0.4) is 0 Å². The second-order valence-electron chi connectivity index (χ2n) is 6.91. The first-order valence-electron chi connectivity index (χ1n) is 9.48. The summed E-state index contributed by atoms with van der Waals surface area (Å²) in [6.45, 7) is 3.17. The maximum atomic E-state index is 12.4. The van der Waals surface area contributed by atoms with Crippen molar-refractivity contribution in [2.75, 3.05) is 26.8 Å². The maximum Gasteiger partial charge on any atom is 0.260 e. The van der Waals surface area contributed by atoms with E-state index in [1.54, 1.807) is 36.3 Å². The Bertz CT molecular complexity index is 812. The van der Waals surface area contributed by atoms with Gasteiger partial charge in [-0.05, 0) is 55.7 Å². The van der Waals surface area contributed by atoms with Crippen molar-refractivity contribution in [1.29, 1.82) is 0 Å². The molecule has 2 aromatic rings. The zero-order valence-electron chi connectivity index (χ0n) is 16.3. The molecule has 3 rings (SSSR count). The Morgan fingerprint density at radius 2 is 1.68 bits per heavy atom. The molecule has 0 aliphatic carbocycles. The zero-order chi connectivity index (χ0) is 19.9. The van der Waals surface area contributed by atoms with Gasteiger partial charge < -0.3 is 19.7 Å². The van der Waals surface area contributed by atoms with Gasteiger partial charge in [-0.2, -0.15) is 0 Å². The standard InChI is InChI=1S/C22H26N2O4/c1-16-5-3-4-6-20(16)22(26)23-17-11-13-24(14-12-17)21(25)15-28-19-9-7-18(27-2)8-10-19/h3-10,17H,11-15H2,1-2H3,(H,23,26). The number of rotatable bonds is 6. The van der Waals surface area contributed by atoms with E-state index in [-0.39, 0.29) is 24.5 Å². The van der Waals surface area contributed by atoms with Crippen molar-refractivity contribution in [2.24, 2.45) is 0 Å². The summed E-state index contributed by atoms with van der Waals surface area (Å²) in [6, 6.07) is 14.8. The lowest BCUT2D eigenvalue weighted by Crippen LogP contribution is -2.47. The first-order valence-corrected chi connectivity index (χ1v) is 9.48. The maximum absolute atomic E-state index is 12.4. The van der Waals surface area contributed by atoms with Crippen LogP contribution in [-0.4, -0.2) is 49.6 Å². The van der Waals surface area contributed by atoms with Gasteiger partial charge in [-0.15, -0.1) is 0 Å². The molecule has 0 radical (unpaired) electrons. The zero-order valence-corrected chi connectivity index (χ0v) is 16.3. The van der Waals surface area contributed by atoms with E-state index in [9.17, 15) is 9.59 Å². The largest absolute Gasteiger partial charge is 0.497 e. The number of ether oxygens (including phenoxy) is 2. The SMILES string of the molecule is COc1ccc(OCC(=O)N2CCC(NC(=O)c3ccccc3C)CC2)cc1. The lowest BCUT2D eigenvalue weighted by Gasteiger charge is -2.32. The van der Waals surface area contributed by atoms with Crippen LogP contribution in [0.25, 0.3) is 0 Å². The van der Waals surface area contributed by atoms with Crippen molar-refractivity contribution < 1.29 is 19.1 Å². The summed E-state index contributed by atoms with van der Waals surface area (Å²) in [5.41, 5.74) is 1.66. The van der Waals surface area contributed by atoms with Gasteiger partial charge in [-0.1, -0.05) is 18.2 Å².